The maximum atomic E-state index is 11.4. The molecule has 0 aliphatic carbocycles. The molecule has 0 unspecified atom stereocenters. The van der Waals surface area contributed by atoms with Gasteiger partial charge in [0.1, 0.15) is 12.4 Å². The molecule has 0 bridgehead atoms. The number of ether oxygens (including phenoxy) is 5. The third-order valence-corrected chi connectivity index (χ3v) is 2.62. The van der Waals surface area contributed by atoms with E-state index in [4.69, 9.17) is 23.7 Å². The zero-order valence-electron chi connectivity index (χ0n) is 12.7. The lowest BCUT2D eigenvalue weighted by atomic mass is 10.2. The number of rotatable bonds is 8. The molecule has 21 heavy (non-hydrogen) atoms. The highest BCUT2D eigenvalue weighted by molar-refractivity contribution is 5.88. The van der Waals surface area contributed by atoms with E-state index in [-0.39, 0.29) is 12.2 Å². The number of hydrogen-bond acceptors (Lipinski definition) is 6. The topological polar surface area (TPSA) is 63.2 Å². The van der Waals surface area contributed by atoms with E-state index in [1.54, 1.807) is 19.1 Å². The van der Waals surface area contributed by atoms with Crippen LogP contribution in [0.15, 0.2) is 24.3 Å². The average molecular weight is 296 g/mol. The number of benzene rings is 1. The second kappa shape index (κ2) is 8.04. The minimum atomic E-state index is -0.482. The number of esters is 1. The summed E-state index contributed by atoms with van der Waals surface area (Å²) in [5.74, 6) is 1.39. The van der Waals surface area contributed by atoms with Gasteiger partial charge in [-0.25, -0.2) is 4.79 Å². The van der Waals surface area contributed by atoms with Crippen LogP contribution in [0.5, 0.6) is 23.0 Å². The zero-order valence-corrected chi connectivity index (χ0v) is 12.7. The molecule has 1 rings (SSSR count). The van der Waals surface area contributed by atoms with E-state index in [0.29, 0.717) is 29.6 Å². The second-order valence-electron chi connectivity index (χ2n) is 3.97. The Labute approximate surface area is 124 Å². The third-order valence-electron chi connectivity index (χ3n) is 2.62. The fraction of sp³-hybridized carbons (Fsp3) is 0.400. The lowest BCUT2D eigenvalue weighted by Gasteiger charge is -2.15. The van der Waals surface area contributed by atoms with Crippen molar-refractivity contribution in [2.24, 2.45) is 0 Å². The molecule has 6 heteroatoms. The van der Waals surface area contributed by atoms with Gasteiger partial charge in [0, 0.05) is 12.1 Å². The van der Waals surface area contributed by atoms with Crippen LogP contribution in [0.3, 0.4) is 0 Å². The Kier molecular flexibility index (Phi) is 6.39. The first-order chi connectivity index (χ1) is 10.1. The van der Waals surface area contributed by atoms with Crippen molar-refractivity contribution in [3.05, 3.63) is 24.3 Å². The van der Waals surface area contributed by atoms with Gasteiger partial charge < -0.3 is 23.7 Å². The monoisotopic (exact) mass is 296 g/mol. The molecule has 0 amide bonds. The molecule has 0 atom stereocenters. The largest absolute Gasteiger partial charge is 0.493 e. The Bertz CT molecular complexity index is 484. The first kappa shape index (κ1) is 16.7. The third kappa shape index (κ3) is 4.30. The van der Waals surface area contributed by atoms with Crippen molar-refractivity contribution >= 4 is 5.97 Å². The van der Waals surface area contributed by atoms with Crippen LogP contribution >= 0.6 is 0 Å². The fourth-order valence-corrected chi connectivity index (χ4v) is 1.60. The molecule has 0 aliphatic heterocycles. The van der Waals surface area contributed by atoms with Crippen LogP contribution in [0.2, 0.25) is 0 Å². The van der Waals surface area contributed by atoms with Crippen LogP contribution in [0.1, 0.15) is 6.92 Å². The molecule has 0 spiro atoms. The molecule has 1 aromatic carbocycles. The Hall–Kier alpha value is -2.37. The molecule has 0 aromatic heterocycles. The van der Waals surface area contributed by atoms with Crippen LogP contribution in [0.4, 0.5) is 0 Å². The lowest BCUT2D eigenvalue weighted by molar-refractivity contribution is -0.138. The van der Waals surface area contributed by atoms with Crippen LogP contribution < -0.4 is 18.9 Å². The summed E-state index contributed by atoms with van der Waals surface area (Å²) in [6.07, 6.45) is 0. The molecule has 0 heterocycles. The predicted octanol–water partition coefficient (Wildman–Crippen LogP) is 2.21. The molecular formula is C15H20O6. The summed E-state index contributed by atoms with van der Waals surface area (Å²) in [6.45, 7) is 5.65. The maximum Gasteiger partial charge on any atom is 0.336 e. The lowest BCUT2D eigenvalue weighted by Crippen LogP contribution is -2.13. The predicted molar refractivity (Wildman–Crippen MR) is 77.4 cm³/mol. The summed E-state index contributed by atoms with van der Waals surface area (Å²) in [5, 5.41) is 0. The van der Waals surface area contributed by atoms with Crippen molar-refractivity contribution in [1.82, 2.24) is 0 Å². The first-order valence-corrected chi connectivity index (χ1v) is 6.35. The minimum absolute atomic E-state index is 0.0114. The van der Waals surface area contributed by atoms with Gasteiger partial charge in [0.15, 0.2) is 11.5 Å². The molecule has 0 saturated carbocycles. The Morgan fingerprint density at radius 3 is 2.10 bits per heavy atom. The van der Waals surface area contributed by atoms with E-state index >= 15 is 0 Å². The standard InChI is InChI=1S/C15H20O6/c1-6-20-15(16)10(2)9-21-11-7-12(17-3)14(19-5)13(8-11)18-4/h7-8H,2,6,9H2,1,3-5H3. The molecule has 0 saturated heterocycles. The summed E-state index contributed by atoms with van der Waals surface area (Å²) in [6, 6.07) is 3.28. The van der Waals surface area contributed by atoms with E-state index in [1.807, 2.05) is 0 Å². The second-order valence-corrected chi connectivity index (χ2v) is 3.97. The van der Waals surface area contributed by atoms with Gasteiger partial charge in [0.2, 0.25) is 5.75 Å². The highest BCUT2D eigenvalue weighted by atomic mass is 16.5. The Morgan fingerprint density at radius 2 is 1.67 bits per heavy atom. The van der Waals surface area contributed by atoms with Crippen molar-refractivity contribution in [1.29, 1.82) is 0 Å². The van der Waals surface area contributed by atoms with Gasteiger partial charge in [-0.2, -0.15) is 0 Å². The van der Waals surface area contributed by atoms with Crippen molar-refractivity contribution < 1.29 is 28.5 Å². The molecule has 0 N–H and O–H groups in total. The Balaban J connectivity index is 2.84. The van der Waals surface area contributed by atoms with E-state index in [0.717, 1.165) is 0 Å². The van der Waals surface area contributed by atoms with E-state index < -0.39 is 5.97 Å². The van der Waals surface area contributed by atoms with Crippen LogP contribution in [-0.4, -0.2) is 40.5 Å². The normalized spacial score (nSPS) is 9.71. The summed E-state index contributed by atoms with van der Waals surface area (Å²) in [7, 11) is 4.54. The summed E-state index contributed by atoms with van der Waals surface area (Å²) >= 11 is 0. The van der Waals surface area contributed by atoms with Crippen LogP contribution in [0, 0.1) is 0 Å². The van der Waals surface area contributed by atoms with Gasteiger partial charge in [-0.3, -0.25) is 0 Å². The minimum Gasteiger partial charge on any atom is -0.493 e. The van der Waals surface area contributed by atoms with Crippen molar-refractivity contribution in [2.45, 2.75) is 6.92 Å². The molecule has 116 valence electrons. The number of hydrogen-bond donors (Lipinski definition) is 0. The van der Waals surface area contributed by atoms with Crippen molar-refractivity contribution in [3.8, 4) is 23.0 Å². The number of carbonyl (C=O) groups is 1. The first-order valence-electron chi connectivity index (χ1n) is 6.35. The van der Waals surface area contributed by atoms with Gasteiger partial charge >= 0.3 is 5.97 Å². The van der Waals surface area contributed by atoms with E-state index in [9.17, 15) is 4.79 Å². The van der Waals surface area contributed by atoms with Gasteiger partial charge in [0.25, 0.3) is 0 Å². The van der Waals surface area contributed by atoms with Gasteiger partial charge in [-0.1, -0.05) is 6.58 Å². The molecule has 6 nitrogen and oxygen atoms in total. The molecule has 1 aromatic rings. The summed E-state index contributed by atoms with van der Waals surface area (Å²) in [4.78, 5) is 11.4. The summed E-state index contributed by atoms with van der Waals surface area (Å²) < 4.78 is 26.0. The van der Waals surface area contributed by atoms with Crippen molar-refractivity contribution in [2.75, 3.05) is 34.5 Å². The smallest absolute Gasteiger partial charge is 0.336 e. The van der Waals surface area contributed by atoms with Crippen LogP contribution in [-0.2, 0) is 9.53 Å². The highest BCUT2D eigenvalue weighted by Gasteiger charge is 2.15. The average Bonchev–Trinajstić information content (AvgIpc) is 2.51. The molecule has 0 fully saturated rings. The SMILES string of the molecule is C=C(COc1cc(OC)c(OC)c(OC)c1)C(=O)OCC. The zero-order chi connectivity index (χ0) is 15.8. The van der Waals surface area contributed by atoms with Gasteiger partial charge in [-0.15, -0.1) is 0 Å². The maximum absolute atomic E-state index is 11.4. The molecule has 0 aliphatic rings. The van der Waals surface area contributed by atoms with Gasteiger partial charge in [-0.05, 0) is 6.92 Å². The van der Waals surface area contributed by atoms with E-state index in [1.165, 1.54) is 21.3 Å². The fourth-order valence-electron chi connectivity index (χ4n) is 1.60. The highest BCUT2D eigenvalue weighted by Crippen LogP contribution is 2.40. The Morgan fingerprint density at radius 1 is 1.10 bits per heavy atom. The van der Waals surface area contributed by atoms with Crippen LogP contribution in [0.25, 0.3) is 0 Å². The number of carbonyl (C=O) groups excluding carboxylic acids is 1. The molecular weight excluding hydrogens is 276 g/mol. The summed E-state index contributed by atoms with van der Waals surface area (Å²) in [5.41, 5.74) is 0.227. The molecule has 0 radical (unpaired) electrons. The van der Waals surface area contributed by atoms with Gasteiger partial charge in [0.05, 0.1) is 33.5 Å². The number of methoxy groups -OCH3 is 3. The quantitative estimate of drug-likeness (QED) is 0.541. The van der Waals surface area contributed by atoms with Crippen molar-refractivity contribution in [3.63, 3.8) is 0 Å². The van der Waals surface area contributed by atoms with E-state index in [2.05, 4.69) is 6.58 Å².